The fourth-order valence-corrected chi connectivity index (χ4v) is 4.62. The minimum atomic E-state index is -4.09. The fourth-order valence-electron chi connectivity index (χ4n) is 3.34. The molecule has 2 heterocycles. The highest BCUT2D eigenvalue weighted by Gasteiger charge is 2.29. The number of hydrogen-bond donors (Lipinski definition) is 4. The van der Waals surface area contributed by atoms with Crippen LogP contribution in [0.3, 0.4) is 0 Å². The Labute approximate surface area is 156 Å². The van der Waals surface area contributed by atoms with E-state index in [9.17, 15) is 18.0 Å². The second-order valence-electron chi connectivity index (χ2n) is 6.45. The van der Waals surface area contributed by atoms with Crippen LogP contribution in [0.4, 0.5) is 0 Å². The molecule has 0 aliphatic carbocycles. The van der Waals surface area contributed by atoms with Crippen LogP contribution < -0.4 is 20.9 Å². The van der Waals surface area contributed by atoms with Crippen molar-refractivity contribution in [1.29, 1.82) is 0 Å². The molecule has 27 heavy (non-hydrogen) atoms. The normalized spacial score (nSPS) is 16.9. The van der Waals surface area contributed by atoms with E-state index in [1.165, 1.54) is 11.8 Å². The van der Waals surface area contributed by atoms with Gasteiger partial charge in [0.05, 0.1) is 19.8 Å². The van der Waals surface area contributed by atoms with Gasteiger partial charge in [-0.3, -0.25) is 9.78 Å². The summed E-state index contributed by atoms with van der Waals surface area (Å²) in [6.45, 7) is 4.26. The van der Waals surface area contributed by atoms with Gasteiger partial charge in [0, 0.05) is 11.3 Å². The average molecular weight is 395 g/mol. The lowest BCUT2D eigenvalue weighted by molar-refractivity contribution is -0.937. The Balaban J connectivity index is 1.86. The molecule has 0 bridgehead atoms. The maximum atomic E-state index is 12.7. The minimum Gasteiger partial charge on any atom is -0.370 e. The van der Waals surface area contributed by atoms with Gasteiger partial charge in [0.2, 0.25) is 10.0 Å². The summed E-state index contributed by atoms with van der Waals surface area (Å²) in [6, 6.07) is 9.52. The summed E-state index contributed by atoms with van der Waals surface area (Å²) >= 11 is 0. The molecule has 1 aromatic carbocycles. The van der Waals surface area contributed by atoms with Gasteiger partial charge in [0.1, 0.15) is 19.1 Å². The van der Waals surface area contributed by atoms with Gasteiger partial charge in [-0.05, 0) is 6.92 Å². The Morgan fingerprint density at radius 1 is 1.15 bits per heavy atom. The number of hydrogen-bond acceptors (Lipinski definition) is 5. The Morgan fingerprint density at radius 2 is 1.81 bits per heavy atom. The quantitative estimate of drug-likeness (QED) is 0.464. The zero-order valence-electron chi connectivity index (χ0n) is 14.9. The van der Waals surface area contributed by atoms with E-state index in [2.05, 4.69) is 9.71 Å². The summed E-state index contributed by atoms with van der Waals surface area (Å²) in [5.74, 6) is 0. The van der Waals surface area contributed by atoms with Gasteiger partial charge in [-0.15, -0.1) is 0 Å². The van der Waals surface area contributed by atoms with Gasteiger partial charge in [-0.25, -0.2) is 17.9 Å². The van der Waals surface area contributed by atoms with Crippen LogP contribution in [0.1, 0.15) is 17.3 Å². The number of aryl methyl sites for hydroxylation is 1. The fraction of sp³-hybridized carbons (Fsp3) is 0.412. The van der Waals surface area contributed by atoms with Crippen molar-refractivity contribution in [2.45, 2.75) is 17.9 Å². The Morgan fingerprint density at radius 3 is 2.44 bits per heavy atom. The van der Waals surface area contributed by atoms with Crippen molar-refractivity contribution in [1.82, 2.24) is 14.7 Å². The predicted octanol–water partition coefficient (Wildman–Crippen LogP) is -1.69. The Hall–Kier alpha value is -2.27. The second-order valence-corrected chi connectivity index (χ2v) is 8.15. The monoisotopic (exact) mass is 395 g/mol. The minimum absolute atomic E-state index is 0.00577. The first-order valence-corrected chi connectivity index (χ1v) is 10.2. The van der Waals surface area contributed by atoms with Gasteiger partial charge in [0.25, 0.3) is 5.56 Å². The highest BCUT2D eigenvalue weighted by Crippen LogP contribution is 2.11. The molecule has 1 saturated heterocycles. The largest absolute Gasteiger partial charge is 0.370 e. The molecular formula is C17H23N4O5S+. The van der Waals surface area contributed by atoms with Crippen LogP contribution in [-0.2, 0) is 14.8 Å². The van der Waals surface area contributed by atoms with Gasteiger partial charge >= 0.3 is 5.69 Å². The van der Waals surface area contributed by atoms with Crippen LogP contribution in [0.25, 0.3) is 0 Å². The number of quaternary nitrogens is 1. The lowest BCUT2D eigenvalue weighted by atomic mass is 10.1. The first-order valence-electron chi connectivity index (χ1n) is 8.68. The summed E-state index contributed by atoms with van der Waals surface area (Å²) < 4.78 is 33.4. The summed E-state index contributed by atoms with van der Waals surface area (Å²) in [5, 5.41) is 0. The molecule has 0 unspecified atom stereocenters. The van der Waals surface area contributed by atoms with Crippen molar-refractivity contribution < 1.29 is 18.1 Å². The lowest BCUT2D eigenvalue weighted by Crippen LogP contribution is -3.15. The van der Waals surface area contributed by atoms with Gasteiger partial charge < -0.3 is 14.6 Å². The van der Waals surface area contributed by atoms with Gasteiger partial charge in [-0.2, -0.15) is 0 Å². The van der Waals surface area contributed by atoms with E-state index in [1.807, 2.05) is 35.3 Å². The molecule has 1 fully saturated rings. The number of aromatic amines is 2. The summed E-state index contributed by atoms with van der Waals surface area (Å²) in [7, 11) is -4.09. The molecule has 1 aromatic heterocycles. The summed E-state index contributed by atoms with van der Waals surface area (Å²) in [4.78, 5) is 28.3. The molecule has 0 radical (unpaired) electrons. The molecule has 1 aliphatic heterocycles. The van der Waals surface area contributed by atoms with Crippen molar-refractivity contribution in [3.8, 4) is 0 Å². The Bertz CT molecular complexity index is 994. The van der Waals surface area contributed by atoms with E-state index >= 15 is 0 Å². The number of ether oxygens (including phenoxy) is 1. The standard InChI is InChI=1S/C17H22N4O5S/c1-12-15(16(22)20-17(23)19-12)27(24,25)18-11-14(13-5-3-2-4-6-13)21-7-9-26-10-8-21/h2-6,14,18H,7-11H2,1H3,(H2,19,20,22,23)/p+1/t14-/m0/s1. The van der Waals surface area contributed by atoms with Crippen LogP contribution >= 0.6 is 0 Å². The zero-order chi connectivity index (χ0) is 19.4. The number of nitrogens with one attached hydrogen (secondary N) is 4. The third kappa shape index (κ3) is 4.53. The third-order valence-electron chi connectivity index (χ3n) is 4.65. The first kappa shape index (κ1) is 19.5. The first-order chi connectivity index (χ1) is 12.9. The Kier molecular flexibility index (Phi) is 5.90. The van der Waals surface area contributed by atoms with E-state index in [-0.39, 0.29) is 18.3 Å². The van der Waals surface area contributed by atoms with Crippen LogP contribution in [0.5, 0.6) is 0 Å². The predicted molar refractivity (Wildman–Crippen MR) is 98.3 cm³/mol. The molecule has 2 aromatic rings. The highest BCUT2D eigenvalue weighted by molar-refractivity contribution is 7.89. The molecular weight excluding hydrogens is 372 g/mol. The van der Waals surface area contributed by atoms with E-state index in [0.717, 1.165) is 18.7 Å². The number of sulfonamides is 1. The topological polar surface area (TPSA) is 126 Å². The maximum absolute atomic E-state index is 12.7. The van der Waals surface area contributed by atoms with Crippen LogP contribution in [0, 0.1) is 6.92 Å². The van der Waals surface area contributed by atoms with Crippen LogP contribution in [0.2, 0.25) is 0 Å². The second kappa shape index (κ2) is 8.17. The molecule has 4 N–H and O–H groups in total. The van der Waals surface area contributed by atoms with Gasteiger partial charge in [0.15, 0.2) is 4.90 Å². The van der Waals surface area contributed by atoms with Crippen molar-refractivity contribution >= 4 is 10.0 Å². The number of benzene rings is 1. The number of rotatable bonds is 6. The molecule has 10 heteroatoms. The molecule has 9 nitrogen and oxygen atoms in total. The average Bonchev–Trinajstić information content (AvgIpc) is 2.62. The van der Waals surface area contributed by atoms with Crippen molar-refractivity contribution in [2.24, 2.45) is 0 Å². The molecule has 3 rings (SSSR count). The molecule has 1 aliphatic rings. The van der Waals surface area contributed by atoms with E-state index in [4.69, 9.17) is 4.74 Å². The third-order valence-corrected chi connectivity index (χ3v) is 6.23. The summed E-state index contributed by atoms with van der Waals surface area (Å²) in [6.07, 6.45) is 0. The van der Waals surface area contributed by atoms with E-state index in [1.54, 1.807) is 0 Å². The summed E-state index contributed by atoms with van der Waals surface area (Å²) in [5.41, 5.74) is -0.662. The van der Waals surface area contributed by atoms with Crippen molar-refractivity contribution in [2.75, 3.05) is 32.8 Å². The molecule has 0 amide bonds. The van der Waals surface area contributed by atoms with Crippen LogP contribution in [0.15, 0.2) is 44.8 Å². The zero-order valence-corrected chi connectivity index (χ0v) is 15.8. The van der Waals surface area contributed by atoms with E-state index in [0.29, 0.717) is 13.2 Å². The van der Waals surface area contributed by atoms with Gasteiger partial charge in [-0.1, -0.05) is 30.3 Å². The molecule has 0 saturated carbocycles. The molecule has 1 atom stereocenters. The van der Waals surface area contributed by atoms with E-state index < -0.39 is 26.2 Å². The van der Waals surface area contributed by atoms with Crippen LogP contribution in [-0.4, -0.2) is 51.2 Å². The maximum Gasteiger partial charge on any atom is 0.325 e. The molecule has 0 spiro atoms. The number of H-pyrrole nitrogens is 2. The highest BCUT2D eigenvalue weighted by atomic mass is 32.2. The lowest BCUT2D eigenvalue weighted by Gasteiger charge is -2.31. The number of morpholine rings is 1. The SMILES string of the molecule is Cc1[nH]c(=O)[nH]c(=O)c1S(=O)(=O)NC[C@@H](c1ccccc1)[NH+]1CCOCC1. The van der Waals surface area contributed by atoms with Crippen molar-refractivity contribution in [3.05, 3.63) is 62.4 Å². The smallest absolute Gasteiger partial charge is 0.325 e. The number of aromatic nitrogens is 2. The van der Waals surface area contributed by atoms with Crippen molar-refractivity contribution in [3.63, 3.8) is 0 Å². The molecule has 146 valence electrons.